The zero-order chi connectivity index (χ0) is 17.6. The molecular formula is C20H23N3OS. The fourth-order valence-corrected chi connectivity index (χ4v) is 4.91. The summed E-state index contributed by atoms with van der Waals surface area (Å²) < 4.78 is 2.16. The van der Waals surface area contributed by atoms with Crippen LogP contribution < -0.4 is 5.32 Å². The van der Waals surface area contributed by atoms with E-state index >= 15 is 0 Å². The number of rotatable bonds is 3. The van der Waals surface area contributed by atoms with Crippen LogP contribution in [0, 0.1) is 12.8 Å². The maximum atomic E-state index is 12.3. The van der Waals surface area contributed by atoms with E-state index in [1.807, 2.05) is 11.3 Å². The number of imidazole rings is 1. The van der Waals surface area contributed by atoms with E-state index in [0.29, 0.717) is 18.9 Å². The highest BCUT2D eigenvalue weighted by molar-refractivity contribution is 7.12. The van der Waals surface area contributed by atoms with Crippen molar-refractivity contribution in [1.82, 2.24) is 14.7 Å². The third-order valence-corrected chi connectivity index (χ3v) is 5.92. The Labute approximate surface area is 151 Å². The molecule has 0 fully saturated rings. The Morgan fingerprint density at radius 2 is 2.20 bits per heavy atom. The second-order valence-electron chi connectivity index (χ2n) is 7.31. The first-order chi connectivity index (χ1) is 12.0. The molecule has 25 heavy (non-hydrogen) atoms. The number of fused-ring (bicyclic) bond motifs is 3. The van der Waals surface area contributed by atoms with Gasteiger partial charge in [-0.3, -0.25) is 4.79 Å². The van der Waals surface area contributed by atoms with E-state index in [0.717, 1.165) is 23.5 Å². The predicted octanol–water partition coefficient (Wildman–Crippen LogP) is 4.05. The summed E-state index contributed by atoms with van der Waals surface area (Å²) in [6, 6.07) is 8.62. The van der Waals surface area contributed by atoms with E-state index in [1.165, 1.54) is 15.3 Å². The Kier molecular flexibility index (Phi) is 4.12. The summed E-state index contributed by atoms with van der Waals surface area (Å²) >= 11 is 1.84. The quantitative estimate of drug-likeness (QED) is 0.772. The highest BCUT2D eigenvalue weighted by atomic mass is 32.1. The molecular weight excluding hydrogens is 330 g/mol. The molecule has 0 spiro atoms. The van der Waals surface area contributed by atoms with Crippen LogP contribution in [0.25, 0.3) is 5.65 Å². The largest absolute Gasteiger partial charge is 0.350 e. The van der Waals surface area contributed by atoms with Crippen molar-refractivity contribution in [2.75, 3.05) is 0 Å². The van der Waals surface area contributed by atoms with Crippen molar-refractivity contribution in [2.45, 2.75) is 46.1 Å². The van der Waals surface area contributed by atoms with Gasteiger partial charge in [-0.05, 0) is 49.1 Å². The lowest BCUT2D eigenvalue weighted by Crippen LogP contribution is -2.21. The van der Waals surface area contributed by atoms with Gasteiger partial charge in [-0.15, -0.1) is 11.3 Å². The number of pyridine rings is 1. The van der Waals surface area contributed by atoms with Crippen LogP contribution in [-0.4, -0.2) is 15.3 Å². The topological polar surface area (TPSA) is 46.4 Å². The average molecular weight is 353 g/mol. The second-order valence-corrected chi connectivity index (χ2v) is 8.51. The molecule has 4 rings (SSSR count). The van der Waals surface area contributed by atoms with Crippen molar-refractivity contribution in [1.29, 1.82) is 0 Å². The first-order valence-electron chi connectivity index (χ1n) is 8.84. The second kappa shape index (κ2) is 6.30. The highest BCUT2D eigenvalue weighted by Gasteiger charge is 2.29. The summed E-state index contributed by atoms with van der Waals surface area (Å²) in [5.41, 5.74) is 4.31. The Morgan fingerprint density at radius 1 is 1.36 bits per heavy atom. The maximum absolute atomic E-state index is 12.3. The molecule has 0 aromatic carbocycles. The van der Waals surface area contributed by atoms with Crippen LogP contribution in [0.4, 0.5) is 0 Å². The molecule has 4 heterocycles. The van der Waals surface area contributed by atoms with Crippen molar-refractivity contribution in [3.63, 3.8) is 0 Å². The number of carbonyl (C=O) groups excluding carboxylic acids is 1. The number of nitrogens with zero attached hydrogens (tertiary/aromatic N) is 2. The smallest absolute Gasteiger partial charge is 0.221 e. The van der Waals surface area contributed by atoms with E-state index in [9.17, 15) is 4.79 Å². The molecule has 130 valence electrons. The number of carbonyl (C=O) groups is 1. The van der Waals surface area contributed by atoms with Crippen LogP contribution in [0.2, 0.25) is 0 Å². The molecule has 1 aliphatic heterocycles. The molecule has 1 atom stereocenters. The van der Waals surface area contributed by atoms with Crippen molar-refractivity contribution in [3.05, 3.63) is 57.2 Å². The van der Waals surface area contributed by atoms with Gasteiger partial charge in [-0.25, -0.2) is 4.98 Å². The minimum atomic E-state index is 0.0705. The summed E-state index contributed by atoms with van der Waals surface area (Å²) in [4.78, 5) is 19.7. The fraction of sp³-hybridized carbons (Fsp3) is 0.400. The Bertz CT molecular complexity index is 938. The highest BCUT2D eigenvalue weighted by Crippen LogP contribution is 2.37. The van der Waals surface area contributed by atoms with E-state index in [4.69, 9.17) is 4.98 Å². The van der Waals surface area contributed by atoms with Gasteiger partial charge in [0.2, 0.25) is 5.91 Å². The van der Waals surface area contributed by atoms with E-state index in [1.54, 1.807) is 0 Å². The molecule has 0 unspecified atom stereocenters. The maximum Gasteiger partial charge on any atom is 0.221 e. The van der Waals surface area contributed by atoms with E-state index < -0.39 is 0 Å². The van der Waals surface area contributed by atoms with Gasteiger partial charge in [0.05, 0.1) is 17.9 Å². The SMILES string of the molecule is Cc1ccn2c3c(nc2c1)CNC(=O)C[C@@H]3c1ccc(CC(C)C)s1. The Balaban J connectivity index is 1.83. The van der Waals surface area contributed by atoms with Crippen LogP contribution in [0.3, 0.4) is 0 Å². The third kappa shape index (κ3) is 3.09. The normalized spacial score (nSPS) is 17.6. The van der Waals surface area contributed by atoms with Gasteiger partial charge in [0, 0.05) is 28.3 Å². The zero-order valence-corrected chi connectivity index (χ0v) is 15.7. The van der Waals surface area contributed by atoms with Gasteiger partial charge in [0.1, 0.15) is 5.65 Å². The van der Waals surface area contributed by atoms with Crippen LogP contribution in [-0.2, 0) is 17.8 Å². The molecule has 0 aliphatic carbocycles. The number of aryl methyl sites for hydroxylation is 1. The lowest BCUT2D eigenvalue weighted by molar-refractivity contribution is -0.121. The summed E-state index contributed by atoms with van der Waals surface area (Å²) in [5, 5.41) is 3.00. The van der Waals surface area contributed by atoms with Crippen LogP contribution in [0.5, 0.6) is 0 Å². The zero-order valence-electron chi connectivity index (χ0n) is 14.9. The van der Waals surface area contributed by atoms with Crippen molar-refractivity contribution >= 4 is 22.9 Å². The molecule has 1 aliphatic rings. The van der Waals surface area contributed by atoms with Gasteiger partial charge in [-0.2, -0.15) is 0 Å². The molecule has 0 bridgehead atoms. The molecule has 3 aromatic heterocycles. The average Bonchev–Trinajstić information content (AvgIpc) is 3.10. The van der Waals surface area contributed by atoms with Crippen molar-refractivity contribution < 1.29 is 4.79 Å². The van der Waals surface area contributed by atoms with Gasteiger partial charge < -0.3 is 9.72 Å². The minimum Gasteiger partial charge on any atom is -0.350 e. The van der Waals surface area contributed by atoms with Crippen LogP contribution >= 0.6 is 11.3 Å². The molecule has 1 amide bonds. The molecule has 0 radical (unpaired) electrons. The lowest BCUT2D eigenvalue weighted by Gasteiger charge is -2.14. The number of amides is 1. The summed E-state index contributed by atoms with van der Waals surface area (Å²) in [6.45, 7) is 7.07. The summed E-state index contributed by atoms with van der Waals surface area (Å²) in [5.74, 6) is 0.807. The summed E-state index contributed by atoms with van der Waals surface area (Å²) in [7, 11) is 0. The number of aromatic nitrogens is 2. The van der Waals surface area contributed by atoms with E-state index in [-0.39, 0.29) is 11.8 Å². The number of hydrogen-bond donors (Lipinski definition) is 1. The van der Waals surface area contributed by atoms with Gasteiger partial charge in [0.15, 0.2) is 0 Å². The Morgan fingerprint density at radius 3 is 3.00 bits per heavy atom. The predicted molar refractivity (Wildman–Crippen MR) is 101 cm³/mol. The van der Waals surface area contributed by atoms with Crippen molar-refractivity contribution in [3.8, 4) is 0 Å². The first-order valence-corrected chi connectivity index (χ1v) is 9.65. The lowest BCUT2D eigenvalue weighted by atomic mass is 9.98. The molecule has 0 saturated carbocycles. The molecule has 5 heteroatoms. The minimum absolute atomic E-state index is 0.0705. The van der Waals surface area contributed by atoms with Gasteiger partial charge >= 0.3 is 0 Å². The molecule has 1 N–H and O–H groups in total. The van der Waals surface area contributed by atoms with Crippen LogP contribution in [0.15, 0.2) is 30.5 Å². The monoisotopic (exact) mass is 353 g/mol. The number of thiophene rings is 1. The molecule has 4 nitrogen and oxygen atoms in total. The molecule has 0 saturated heterocycles. The Hall–Kier alpha value is -2.14. The number of nitrogens with one attached hydrogen (secondary N) is 1. The molecule has 3 aromatic rings. The van der Waals surface area contributed by atoms with Gasteiger partial charge in [0.25, 0.3) is 0 Å². The third-order valence-electron chi connectivity index (χ3n) is 4.70. The van der Waals surface area contributed by atoms with Crippen LogP contribution in [0.1, 0.15) is 52.9 Å². The fourth-order valence-electron chi connectivity index (χ4n) is 3.58. The number of hydrogen-bond acceptors (Lipinski definition) is 3. The summed E-state index contributed by atoms with van der Waals surface area (Å²) in [6.07, 6.45) is 3.65. The van der Waals surface area contributed by atoms with E-state index in [2.05, 4.69) is 61.0 Å². The standard InChI is InChI=1S/C20H23N3OS/c1-12(2)8-14-4-5-17(25-14)15-10-19(24)21-11-16-20(15)23-7-6-13(3)9-18(23)22-16/h4-7,9,12,15H,8,10-11H2,1-3H3,(H,21,24)/t15-/m1/s1. The van der Waals surface area contributed by atoms with Crippen molar-refractivity contribution in [2.24, 2.45) is 5.92 Å². The van der Waals surface area contributed by atoms with Gasteiger partial charge in [-0.1, -0.05) is 13.8 Å². The first kappa shape index (κ1) is 16.3.